The van der Waals surface area contributed by atoms with Crippen molar-refractivity contribution in [3.05, 3.63) is 65.8 Å². The van der Waals surface area contributed by atoms with Crippen LogP contribution >= 0.6 is 0 Å². The molecule has 2 rings (SSSR count). The lowest BCUT2D eigenvalue weighted by Crippen LogP contribution is -2.13. The van der Waals surface area contributed by atoms with Crippen LogP contribution in [0.2, 0.25) is 0 Å². The van der Waals surface area contributed by atoms with Crippen LogP contribution in [0.5, 0.6) is 17.2 Å². The minimum atomic E-state index is -0.546. The zero-order chi connectivity index (χ0) is 21.2. The summed E-state index contributed by atoms with van der Waals surface area (Å²) in [6.07, 6.45) is 3.81. The van der Waals surface area contributed by atoms with Gasteiger partial charge in [-0.1, -0.05) is 6.08 Å². The van der Waals surface area contributed by atoms with Gasteiger partial charge in [-0.15, -0.1) is 6.58 Å². The molecule has 6 heteroatoms. The summed E-state index contributed by atoms with van der Waals surface area (Å²) in [6.45, 7) is 8.47. The van der Waals surface area contributed by atoms with Gasteiger partial charge in [-0.25, -0.2) is 0 Å². The van der Waals surface area contributed by atoms with Crippen molar-refractivity contribution in [3.8, 4) is 23.3 Å². The first-order valence-corrected chi connectivity index (χ1v) is 9.27. The summed E-state index contributed by atoms with van der Waals surface area (Å²) in [6, 6.07) is 11.5. The van der Waals surface area contributed by atoms with E-state index >= 15 is 0 Å². The third-order valence-corrected chi connectivity index (χ3v) is 3.91. The normalized spacial score (nSPS) is 10.7. The minimum absolute atomic E-state index is 0.0609. The fourth-order valence-electron chi connectivity index (χ4n) is 2.70. The fraction of sp³-hybridized carbons (Fsp3) is 0.217. The Morgan fingerprint density at radius 3 is 2.48 bits per heavy atom. The smallest absolute Gasteiger partial charge is 0.266 e. The van der Waals surface area contributed by atoms with Crippen LogP contribution in [0.3, 0.4) is 0 Å². The molecule has 6 nitrogen and oxygen atoms in total. The number of hydrogen-bond acceptors (Lipinski definition) is 5. The number of rotatable bonds is 9. The standard InChI is InChI=1S/C23H24N2O4/c1-4-7-17-12-16(14-21(28-5-2)22(17)29-6-3)13-18(15-24)23(27)25-19-8-10-20(26)11-9-19/h4,8-14,26H,1,5-7H2,2-3H3,(H,25,27)/b18-13+. The highest BCUT2D eigenvalue weighted by atomic mass is 16.5. The SMILES string of the molecule is C=CCc1cc(/C=C(\C#N)C(=O)Nc2ccc(O)cc2)cc(OCC)c1OCC. The van der Waals surface area contributed by atoms with Crippen LogP contribution in [0, 0.1) is 11.3 Å². The number of anilines is 1. The molecule has 2 N–H and O–H groups in total. The van der Waals surface area contributed by atoms with Crippen molar-refractivity contribution < 1.29 is 19.4 Å². The van der Waals surface area contributed by atoms with Crippen LogP contribution in [-0.4, -0.2) is 24.2 Å². The first-order valence-electron chi connectivity index (χ1n) is 9.27. The van der Waals surface area contributed by atoms with Crippen molar-refractivity contribution in [1.29, 1.82) is 5.26 Å². The maximum Gasteiger partial charge on any atom is 0.266 e. The Hall–Kier alpha value is -3.72. The van der Waals surface area contributed by atoms with Crippen molar-refractivity contribution in [2.75, 3.05) is 18.5 Å². The highest BCUT2D eigenvalue weighted by molar-refractivity contribution is 6.09. The number of aromatic hydroxyl groups is 1. The van der Waals surface area contributed by atoms with E-state index in [1.165, 1.54) is 18.2 Å². The number of allylic oxidation sites excluding steroid dienone is 1. The highest BCUT2D eigenvalue weighted by Crippen LogP contribution is 2.34. The topological polar surface area (TPSA) is 91.6 Å². The Kier molecular flexibility index (Phi) is 7.87. The maximum atomic E-state index is 12.5. The van der Waals surface area contributed by atoms with Gasteiger partial charge in [0.2, 0.25) is 0 Å². The van der Waals surface area contributed by atoms with Gasteiger partial charge in [-0.2, -0.15) is 5.26 Å². The lowest BCUT2D eigenvalue weighted by molar-refractivity contribution is -0.112. The van der Waals surface area contributed by atoms with E-state index in [2.05, 4.69) is 11.9 Å². The summed E-state index contributed by atoms with van der Waals surface area (Å²) in [5.41, 5.74) is 1.92. The van der Waals surface area contributed by atoms with Gasteiger partial charge >= 0.3 is 0 Å². The molecule has 0 aliphatic rings. The number of phenolic OH excluding ortho intramolecular Hbond substituents is 1. The van der Waals surface area contributed by atoms with Crippen molar-refractivity contribution >= 4 is 17.7 Å². The number of phenols is 1. The van der Waals surface area contributed by atoms with Crippen LogP contribution in [0.4, 0.5) is 5.69 Å². The molecule has 0 aliphatic heterocycles. The van der Waals surface area contributed by atoms with E-state index in [0.29, 0.717) is 42.4 Å². The van der Waals surface area contributed by atoms with Crippen LogP contribution in [-0.2, 0) is 11.2 Å². The fourth-order valence-corrected chi connectivity index (χ4v) is 2.70. The zero-order valence-corrected chi connectivity index (χ0v) is 16.6. The summed E-state index contributed by atoms with van der Waals surface area (Å²) < 4.78 is 11.4. The second kappa shape index (κ2) is 10.6. The summed E-state index contributed by atoms with van der Waals surface area (Å²) in [5, 5.41) is 21.4. The Morgan fingerprint density at radius 2 is 1.90 bits per heavy atom. The van der Waals surface area contributed by atoms with E-state index in [4.69, 9.17) is 9.47 Å². The number of carbonyl (C=O) groups is 1. The van der Waals surface area contributed by atoms with Crippen molar-refractivity contribution in [1.82, 2.24) is 0 Å². The molecule has 0 spiro atoms. The highest BCUT2D eigenvalue weighted by Gasteiger charge is 2.15. The molecule has 0 unspecified atom stereocenters. The maximum absolute atomic E-state index is 12.5. The average Bonchev–Trinajstić information content (AvgIpc) is 2.70. The van der Waals surface area contributed by atoms with Crippen molar-refractivity contribution in [2.45, 2.75) is 20.3 Å². The largest absolute Gasteiger partial charge is 0.508 e. The van der Waals surface area contributed by atoms with Gasteiger partial charge in [0.15, 0.2) is 11.5 Å². The lowest BCUT2D eigenvalue weighted by atomic mass is 10.0. The summed E-state index contributed by atoms with van der Waals surface area (Å²) in [5.74, 6) is 0.733. The van der Waals surface area contributed by atoms with Gasteiger partial charge in [-0.05, 0) is 68.3 Å². The number of carbonyl (C=O) groups excluding carboxylic acids is 1. The van der Waals surface area contributed by atoms with Gasteiger partial charge in [-0.3, -0.25) is 4.79 Å². The number of amides is 1. The molecule has 0 aliphatic carbocycles. The zero-order valence-electron chi connectivity index (χ0n) is 16.6. The van der Waals surface area contributed by atoms with E-state index < -0.39 is 5.91 Å². The molecular weight excluding hydrogens is 368 g/mol. The second-order valence-corrected chi connectivity index (χ2v) is 6.04. The van der Waals surface area contributed by atoms with Gasteiger partial charge in [0.1, 0.15) is 17.4 Å². The number of hydrogen-bond donors (Lipinski definition) is 2. The van der Waals surface area contributed by atoms with E-state index in [9.17, 15) is 15.2 Å². The quantitative estimate of drug-likeness (QED) is 0.284. The molecule has 2 aromatic carbocycles. The molecule has 2 aromatic rings. The monoisotopic (exact) mass is 392 g/mol. The van der Waals surface area contributed by atoms with Gasteiger partial charge in [0.25, 0.3) is 5.91 Å². The minimum Gasteiger partial charge on any atom is -0.508 e. The molecule has 29 heavy (non-hydrogen) atoms. The van der Waals surface area contributed by atoms with Crippen molar-refractivity contribution in [2.24, 2.45) is 0 Å². The van der Waals surface area contributed by atoms with E-state index in [-0.39, 0.29) is 11.3 Å². The summed E-state index contributed by atoms with van der Waals surface area (Å²) in [4.78, 5) is 12.5. The first-order chi connectivity index (χ1) is 14.0. The molecule has 0 heterocycles. The molecule has 150 valence electrons. The number of nitrogens with zero attached hydrogens (tertiary/aromatic N) is 1. The average molecular weight is 392 g/mol. The Bertz CT molecular complexity index is 941. The molecule has 0 atom stereocenters. The molecule has 0 aromatic heterocycles. The number of benzene rings is 2. The van der Waals surface area contributed by atoms with Crippen LogP contribution in [0.1, 0.15) is 25.0 Å². The van der Waals surface area contributed by atoms with Crippen LogP contribution in [0.25, 0.3) is 6.08 Å². The predicted octanol–water partition coefficient (Wildman–Crippen LogP) is 4.46. The molecule has 0 saturated heterocycles. The Morgan fingerprint density at radius 1 is 1.21 bits per heavy atom. The predicted molar refractivity (Wildman–Crippen MR) is 113 cm³/mol. The Labute approximate surface area is 170 Å². The van der Waals surface area contributed by atoms with E-state index in [0.717, 1.165) is 5.56 Å². The van der Waals surface area contributed by atoms with Gasteiger partial charge < -0.3 is 19.9 Å². The molecule has 0 saturated carbocycles. The molecule has 1 amide bonds. The molecule has 0 fully saturated rings. The third-order valence-electron chi connectivity index (χ3n) is 3.91. The first kappa shape index (κ1) is 21.6. The molecule has 0 bridgehead atoms. The third kappa shape index (κ3) is 5.88. The van der Waals surface area contributed by atoms with Crippen LogP contribution in [0.15, 0.2) is 54.6 Å². The van der Waals surface area contributed by atoms with Gasteiger partial charge in [0, 0.05) is 11.3 Å². The number of ether oxygens (including phenoxy) is 2. The lowest BCUT2D eigenvalue weighted by Gasteiger charge is -2.16. The Balaban J connectivity index is 2.40. The molecule has 0 radical (unpaired) electrons. The summed E-state index contributed by atoms with van der Waals surface area (Å²) in [7, 11) is 0. The summed E-state index contributed by atoms with van der Waals surface area (Å²) >= 11 is 0. The number of nitrogens with one attached hydrogen (secondary N) is 1. The van der Waals surface area contributed by atoms with Crippen molar-refractivity contribution in [3.63, 3.8) is 0 Å². The van der Waals surface area contributed by atoms with E-state index in [1.807, 2.05) is 26.0 Å². The second-order valence-electron chi connectivity index (χ2n) is 6.04. The number of nitriles is 1. The van der Waals surface area contributed by atoms with Gasteiger partial charge in [0.05, 0.1) is 13.2 Å². The van der Waals surface area contributed by atoms with E-state index in [1.54, 1.807) is 24.3 Å². The van der Waals surface area contributed by atoms with Crippen LogP contribution < -0.4 is 14.8 Å². The molecular formula is C23H24N2O4.